The molecule has 0 heterocycles. The van der Waals surface area contributed by atoms with E-state index in [-0.39, 0.29) is 6.61 Å². The van der Waals surface area contributed by atoms with Crippen molar-refractivity contribution in [2.24, 2.45) is 0 Å². The molecule has 18 heavy (non-hydrogen) atoms. The second-order valence-corrected chi connectivity index (χ2v) is 5.51. The average Bonchev–Trinajstić information content (AvgIpc) is 2.39. The Morgan fingerprint density at radius 1 is 0.444 bits per heavy atom. The molecular formula is C17H34O. The van der Waals surface area contributed by atoms with Crippen LogP contribution < -0.4 is 0 Å². The molecule has 0 fully saturated rings. The molecule has 0 aromatic heterocycles. The van der Waals surface area contributed by atoms with Gasteiger partial charge in [0.25, 0.3) is 0 Å². The minimum Gasteiger partial charge on any atom is -0.237 e. The van der Waals surface area contributed by atoms with Crippen LogP contribution in [0.2, 0.25) is 0 Å². The van der Waals surface area contributed by atoms with Crippen molar-refractivity contribution in [2.75, 3.05) is 6.61 Å². The molecule has 0 N–H and O–H groups in total. The lowest BCUT2D eigenvalue weighted by atomic mass is 10.0. The number of hydrogen-bond acceptors (Lipinski definition) is 0. The highest BCUT2D eigenvalue weighted by atomic mass is 16.2. The van der Waals surface area contributed by atoms with Gasteiger partial charge < -0.3 is 0 Å². The standard InChI is InChI=1S/C17H34O/c1-2-3-4-5-6-7-8-9-10-11-12-13-14-15-16-17-18/h1-17H2. The third kappa shape index (κ3) is 16.0. The van der Waals surface area contributed by atoms with E-state index in [2.05, 4.69) is 6.92 Å². The van der Waals surface area contributed by atoms with E-state index < -0.39 is 0 Å². The van der Waals surface area contributed by atoms with Gasteiger partial charge in [-0.05, 0) is 6.42 Å². The molecule has 1 heteroatoms. The van der Waals surface area contributed by atoms with Crippen LogP contribution in [0.1, 0.15) is 96.3 Å². The van der Waals surface area contributed by atoms with Crippen LogP contribution in [0.15, 0.2) is 0 Å². The van der Waals surface area contributed by atoms with E-state index in [1.54, 1.807) is 0 Å². The molecule has 0 saturated carbocycles. The Balaban J connectivity index is 2.86. The van der Waals surface area contributed by atoms with Gasteiger partial charge in [0.05, 0.1) is 6.61 Å². The van der Waals surface area contributed by atoms with Crippen LogP contribution in [-0.2, 0) is 5.11 Å². The summed E-state index contributed by atoms with van der Waals surface area (Å²) in [7, 11) is 0. The smallest absolute Gasteiger partial charge is 0.0822 e. The monoisotopic (exact) mass is 254 g/mol. The summed E-state index contributed by atoms with van der Waals surface area (Å²) in [5, 5.41) is 10.2. The Hall–Kier alpha value is -0.0400. The minimum absolute atomic E-state index is 0.120. The number of hydrogen-bond donors (Lipinski definition) is 0. The summed E-state index contributed by atoms with van der Waals surface area (Å²) >= 11 is 0. The zero-order chi connectivity index (χ0) is 13.3. The topological polar surface area (TPSA) is 19.9 Å². The van der Waals surface area contributed by atoms with E-state index in [0.29, 0.717) is 0 Å². The lowest BCUT2D eigenvalue weighted by Crippen LogP contribution is -1.84. The molecule has 0 rings (SSSR count). The van der Waals surface area contributed by atoms with Crippen LogP contribution in [0.5, 0.6) is 0 Å². The molecule has 0 aromatic rings. The zero-order valence-electron chi connectivity index (χ0n) is 12.4. The summed E-state index contributed by atoms with van der Waals surface area (Å²) in [5.74, 6) is 0. The summed E-state index contributed by atoms with van der Waals surface area (Å²) in [6.45, 7) is 3.99. The van der Waals surface area contributed by atoms with Crippen molar-refractivity contribution < 1.29 is 5.11 Å². The van der Waals surface area contributed by atoms with Gasteiger partial charge in [-0.2, -0.15) is 0 Å². The first-order valence-corrected chi connectivity index (χ1v) is 8.29. The van der Waals surface area contributed by atoms with Crippen LogP contribution in [0.3, 0.4) is 0 Å². The maximum Gasteiger partial charge on any atom is 0.0822 e. The highest BCUT2D eigenvalue weighted by molar-refractivity contribution is 4.50. The molecule has 0 aliphatic rings. The Kier molecular flexibility index (Phi) is 16.9. The van der Waals surface area contributed by atoms with Crippen LogP contribution in [0.4, 0.5) is 0 Å². The zero-order valence-corrected chi connectivity index (χ0v) is 12.4. The van der Waals surface area contributed by atoms with Crippen LogP contribution in [0.25, 0.3) is 0 Å². The molecule has 1 nitrogen and oxygen atoms in total. The fraction of sp³-hybridized carbons (Fsp3) is 0.941. The maximum absolute atomic E-state index is 10.2. The highest BCUT2D eigenvalue weighted by Crippen LogP contribution is 2.13. The Morgan fingerprint density at radius 2 is 0.722 bits per heavy atom. The summed E-state index contributed by atoms with van der Waals surface area (Å²) in [4.78, 5) is 0. The van der Waals surface area contributed by atoms with E-state index in [0.717, 1.165) is 19.3 Å². The van der Waals surface area contributed by atoms with Crippen molar-refractivity contribution in [3.63, 3.8) is 0 Å². The summed E-state index contributed by atoms with van der Waals surface area (Å²) in [6.07, 6.45) is 19.8. The molecule has 0 amide bonds. The predicted molar refractivity (Wildman–Crippen MR) is 80.2 cm³/mol. The Labute approximate surface area is 115 Å². The lowest BCUT2D eigenvalue weighted by Gasteiger charge is -2.02. The van der Waals surface area contributed by atoms with E-state index in [4.69, 9.17) is 0 Å². The minimum atomic E-state index is 0.120. The summed E-state index contributed by atoms with van der Waals surface area (Å²) in [5.41, 5.74) is 0. The molecule has 0 saturated heterocycles. The SMILES string of the molecule is [CH2]CCCCCCCCCCCCCCCC[O]. The van der Waals surface area contributed by atoms with Crippen molar-refractivity contribution in [2.45, 2.75) is 96.3 Å². The van der Waals surface area contributed by atoms with Gasteiger partial charge >= 0.3 is 0 Å². The molecule has 0 aromatic carbocycles. The van der Waals surface area contributed by atoms with E-state index >= 15 is 0 Å². The van der Waals surface area contributed by atoms with Crippen LogP contribution >= 0.6 is 0 Å². The highest BCUT2D eigenvalue weighted by Gasteiger charge is 1.93. The molecule has 2 radical (unpaired) electrons. The molecule has 108 valence electrons. The van der Waals surface area contributed by atoms with E-state index in [1.807, 2.05) is 0 Å². The van der Waals surface area contributed by atoms with Gasteiger partial charge in [-0.1, -0.05) is 96.8 Å². The molecule has 0 atom stereocenters. The third-order valence-electron chi connectivity index (χ3n) is 3.64. The van der Waals surface area contributed by atoms with Crippen LogP contribution in [0, 0.1) is 6.92 Å². The molecule has 0 bridgehead atoms. The van der Waals surface area contributed by atoms with Gasteiger partial charge in [0.1, 0.15) is 0 Å². The maximum atomic E-state index is 10.2. The van der Waals surface area contributed by atoms with Crippen LogP contribution in [-0.4, -0.2) is 6.61 Å². The molecule has 0 unspecified atom stereocenters. The molecule has 0 aliphatic heterocycles. The summed E-state index contributed by atoms with van der Waals surface area (Å²) in [6, 6.07) is 0. The third-order valence-corrected chi connectivity index (χ3v) is 3.64. The first-order valence-electron chi connectivity index (χ1n) is 8.29. The fourth-order valence-electron chi connectivity index (χ4n) is 2.40. The number of unbranched alkanes of at least 4 members (excludes halogenated alkanes) is 14. The molecular weight excluding hydrogens is 220 g/mol. The van der Waals surface area contributed by atoms with Gasteiger partial charge in [0.15, 0.2) is 0 Å². The van der Waals surface area contributed by atoms with Gasteiger partial charge in [-0.3, -0.25) is 0 Å². The first-order chi connectivity index (χ1) is 8.91. The van der Waals surface area contributed by atoms with Crippen molar-refractivity contribution in [3.05, 3.63) is 6.92 Å². The fourth-order valence-corrected chi connectivity index (χ4v) is 2.40. The van der Waals surface area contributed by atoms with Crippen molar-refractivity contribution in [3.8, 4) is 0 Å². The first kappa shape index (κ1) is 18.0. The Bertz CT molecular complexity index is 118. The second kappa shape index (κ2) is 17.0. The van der Waals surface area contributed by atoms with Crippen molar-refractivity contribution in [1.29, 1.82) is 0 Å². The van der Waals surface area contributed by atoms with E-state index in [9.17, 15) is 5.11 Å². The van der Waals surface area contributed by atoms with Crippen molar-refractivity contribution in [1.82, 2.24) is 0 Å². The Morgan fingerprint density at radius 3 is 1.00 bits per heavy atom. The largest absolute Gasteiger partial charge is 0.237 e. The molecule has 0 spiro atoms. The average molecular weight is 254 g/mol. The number of rotatable bonds is 15. The van der Waals surface area contributed by atoms with E-state index in [1.165, 1.54) is 77.0 Å². The molecule has 0 aliphatic carbocycles. The summed E-state index contributed by atoms with van der Waals surface area (Å²) < 4.78 is 0. The lowest BCUT2D eigenvalue weighted by molar-refractivity contribution is 0.186. The van der Waals surface area contributed by atoms with Gasteiger partial charge in [-0.15, -0.1) is 0 Å². The predicted octanol–water partition coefficient (Wildman–Crippen LogP) is 6.10. The van der Waals surface area contributed by atoms with Gasteiger partial charge in [0.2, 0.25) is 0 Å². The quantitative estimate of drug-likeness (QED) is 0.315. The normalized spacial score (nSPS) is 11.0. The van der Waals surface area contributed by atoms with Gasteiger partial charge in [0, 0.05) is 0 Å². The van der Waals surface area contributed by atoms with Crippen molar-refractivity contribution >= 4 is 0 Å². The second-order valence-electron chi connectivity index (χ2n) is 5.51. The van der Waals surface area contributed by atoms with Gasteiger partial charge in [-0.25, -0.2) is 5.11 Å².